The van der Waals surface area contributed by atoms with Crippen LogP contribution in [0.1, 0.15) is 30.0 Å². The molecule has 0 bridgehead atoms. The topological polar surface area (TPSA) is 105 Å². The van der Waals surface area contributed by atoms with Crippen molar-refractivity contribution in [3.8, 4) is 0 Å². The molecule has 9 heteroatoms. The fraction of sp³-hybridized carbons (Fsp3) is 0.417. The highest BCUT2D eigenvalue weighted by Crippen LogP contribution is 2.41. The maximum atomic E-state index is 13.1. The highest BCUT2D eigenvalue weighted by atomic mass is 16.6. The van der Waals surface area contributed by atoms with E-state index in [0.717, 1.165) is 11.4 Å². The van der Waals surface area contributed by atoms with Crippen molar-refractivity contribution in [2.75, 3.05) is 44.6 Å². The van der Waals surface area contributed by atoms with E-state index in [0.29, 0.717) is 11.1 Å². The van der Waals surface area contributed by atoms with E-state index in [1.807, 2.05) is 62.3 Å². The van der Waals surface area contributed by atoms with Crippen LogP contribution in [0.3, 0.4) is 0 Å². The third-order valence-electron chi connectivity index (χ3n) is 6.00. The van der Waals surface area contributed by atoms with Crippen LogP contribution in [0.5, 0.6) is 0 Å². The molecule has 1 aliphatic rings. The molecule has 4 atom stereocenters. The van der Waals surface area contributed by atoms with E-state index in [2.05, 4.69) is 5.32 Å². The van der Waals surface area contributed by atoms with Crippen LogP contribution in [0.2, 0.25) is 0 Å². The Hall–Kier alpha value is -3.62. The van der Waals surface area contributed by atoms with E-state index in [-0.39, 0.29) is 6.61 Å². The number of amides is 1. The normalized spacial score (nSPS) is 22.3. The molecule has 9 nitrogen and oxygen atoms in total. The minimum absolute atomic E-state index is 0.0768. The van der Waals surface area contributed by atoms with Crippen molar-refractivity contribution in [1.82, 2.24) is 5.32 Å². The van der Waals surface area contributed by atoms with Crippen LogP contribution in [0.15, 0.2) is 48.5 Å². The summed E-state index contributed by atoms with van der Waals surface area (Å²) in [7, 11) is 7.57. The number of piperidine rings is 1. The van der Waals surface area contributed by atoms with Gasteiger partial charge in [-0.25, -0.2) is 0 Å². The van der Waals surface area contributed by atoms with Gasteiger partial charge < -0.3 is 19.9 Å². The number of hydrogen-bond donors (Lipinski definition) is 1. The van der Waals surface area contributed by atoms with E-state index in [1.165, 1.54) is 0 Å². The average Bonchev–Trinajstić information content (AvgIpc) is 2.78. The molecule has 4 unspecified atom stereocenters. The SMILES string of the molecule is CCOC(=O)C1C(=O)NC(c2ccc(N(C)C)cc2)C([N+](=O)[O-])C1c1ccc(N(C)C)cc1. The van der Waals surface area contributed by atoms with Gasteiger partial charge in [0.25, 0.3) is 0 Å². The van der Waals surface area contributed by atoms with Gasteiger partial charge in [0.2, 0.25) is 11.9 Å². The van der Waals surface area contributed by atoms with Crippen molar-refractivity contribution in [1.29, 1.82) is 0 Å². The zero-order chi connectivity index (χ0) is 24.3. The standard InChI is InChI=1S/C24H30N4O5/c1-6-33-24(30)20-19(15-7-11-17(12-8-15)26(2)3)22(28(31)32)21(25-23(20)29)16-9-13-18(14-10-16)27(4)5/h7-14,19-22H,6H2,1-5H3,(H,25,29). The molecule has 1 amide bonds. The Kier molecular flexibility index (Phi) is 7.20. The number of carbonyl (C=O) groups excluding carboxylic acids is 2. The third kappa shape index (κ3) is 4.92. The van der Waals surface area contributed by atoms with Crippen molar-refractivity contribution < 1.29 is 19.2 Å². The first kappa shape index (κ1) is 24.0. The predicted molar refractivity (Wildman–Crippen MR) is 126 cm³/mol. The van der Waals surface area contributed by atoms with E-state index in [1.54, 1.807) is 31.2 Å². The lowest BCUT2D eigenvalue weighted by molar-refractivity contribution is -0.534. The number of anilines is 2. The van der Waals surface area contributed by atoms with E-state index in [4.69, 9.17) is 4.74 Å². The van der Waals surface area contributed by atoms with E-state index < -0.39 is 40.7 Å². The smallest absolute Gasteiger partial charge is 0.319 e. The van der Waals surface area contributed by atoms with Gasteiger partial charge >= 0.3 is 5.97 Å². The quantitative estimate of drug-likeness (QED) is 0.297. The minimum atomic E-state index is -1.32. The number of esters is 1. The second-order valence-electron chi connectivity index (χ2n) is 8.49. The van der Waals surface area contributed by atoms with Crippen LogP contribution in [-0.2, 0) is 14.3 Å². The number of hydrogen-bond acceptors (Lipinski definition) is 7. The summed E-state index contributed by atoms with van der Waals surface area (Å²) < 4.78 is 5.14. The van der Waals surface area contributed by atoms with Gasteiger partial charge in [0.1, 0.15) is 12.0 Å². The Morgan fingerprint density at radius 3 is 1.88 bits per heavy atom. The average molecular weight is 455 g/mol. The summed E-state index contributed by atoms with van der Waals surface area (Å²) >= 11 is 0. The number of nitrogens with one attached hydrogen (secondary N) is 1. The van der Waals surface area contributed by atoms with Crippen LogP contribution < -0.4 is 15.1 Å². The summed E-state index contributed by atoms with van der Waals surface area (Å²) in [4.78, 5) is 41.7. The van der Waals surface area contributed by atoms with Crippen LogP contribution in [0.25, 0.3) is 0 Å². The lowest BCUT2D eigenvalue weighted by Crippen LogP contribution is -2.56. The van der Waals surface area contributed by atoms with Gasteiger partial charge in [0.05, 0.1) is 12.5 Å². The molecule has 1 N–H and O–H groups in total. The van der Waals surface area contributed by atoms with Gasteiger partial charge in [-0.05, 0) is 42.3 Å². The molecule has 0 radical (unpaired) electrons. The molecule has 0 spiro atoms. The summed E-state index contributed by atoms with van der Waals surface area (Å²) in [5, 5.41) is 15.1. The molecular formula is C24H30N4O5. The van der Waals surface area contributed by atoms with E-state index in [9.17, 15) is 19.7 Å². The Morgan fingerprint density at radius 2 is 1.45 bits per heavy atom. The molecule has 3 rings (SSSR count). The largest absolute Gasteiger partial charge is 0.465 e. The zero-order valence-electron chi connectivity index (χ0n) is 19.5. The molecule has 0 aromatic heterocycles. The molecule has 1 aliphatic heterocycles. The molecular weight excluding hydrogens is 424 g/mol. The fourth-order valence-electron chi connectivity index (χ4n) is 4.28. The highest BCUT2D eigenvalue weighted by molar-refractivity contribution is 6.00. The Bertz CT molecular complexity index is 1000. The van der Waals surface area contributed by atoms with Crippen molar-refractivity contribution >= 4 is 23.3 Å². The third-order valence-corrected chi connectivity index (χ3v) is 6.00. The molecule has 33 heavy (non-hydrogen) atoms. The second kappa shape index (κ2) is 9.89. The number of nitrogens with zero attached hydrogens (tertiary/aromatic N) is 3. The molecule has 1 saturated heterocycles. The Morgan fingerprint density at radius 1 is 0.970 bits per heavy atom. The fourth-order valence-corrected chi connectivity index (χ4v) is 4.28. The van der Waals surface area contributed by atoms with Crippen LogP contribution in [0, 0.1) is 16.0 Å². The van der Waals surface area contributed by atoms with E-state index >= 15 is 0 Å². The Balaban J connectivity index is 2.11. The molecule has 2 aromatic carbocycles. The minimum Gasteiger partial charge on any atom is -0.465 e. The highest BCUT2D eigenvalue weighted by Gasteiger charge is 2.55. The van der Waals surface area contributed by atoms with Crippen LogP contribution in [-0.4, -0.2) is 57.6 Å². The first-order valence-corrected chi connectivity index (χ1v) is 10.8. The number of nitro groups is 1. The monoisotopic (exact) mass is 454 g/mol. The van der Waals surface area contributed by atoms with Gasteiger partial charge in [-0.3, -0.25) is 19.7 Å². The Labute approximate surface area is 193 Å². The molecule has 0 aliphatic carbocycles. The van der Waals surface area contributed by atoms with Crippen molar-refractivity contribution in [2.24, 2.45) is 5.92 Å². The molecule has 1 fully saturated rings. The maximum Gasteiger partial charge on any atom is 0.319 e. The van der Waals surface area contributed by atoms with Gasteiger partial charge in [-0.1, -0.05) is 24.3 Å². The van der Waals surface area contributed by atoms with Crippen LogP contribution >= 0.6 is 0 Å². The predicted octanol–water partition coefficient (Wildman–Crippen LogP) is 2.60. The first-order chi connectivity index (χ1) is 15.6. The zero-order valence-corrected chi connectivity index (χ0v) is 19.5. The molecule has 176 valence electrons. The van der Waals surface area contributed by atoms with Crippen molar-refractivity contribution in [3.05, 3.63) is 69.8 Å². The summed E-state index contributed by atoms with van der Waals surface area (Å²) in [5.41, 5.74) is 2.98. The van der Waals surface area contributed by atoms with Gasteiger partial charge in [-0.2, -0.15) is 0 Å². The second-order valence-corrected chi connectivity index (χ2v) is 8.49. The lowest BCUT2D eigenvalue weighted by atomic mass is 9.73. The first-order valence-electron chi connectivity index (χ1n) is 10.8. The van der Waals surface area contributed by atoms with Crippen molar-refractivity contribution in [2.45, 2.75) is 24.9 Å². The number of ether oxygens (including phenoxy) is 1. The lowest BCUT2D eigenvalue weighted by Gasteiger charge is -2.37. The number of benzene rings is 2. The molecule has 1 heterocycles. The molecule has 0 saturated carbocycles. The van der Waals surface area contributed by atoms with Gasteiger partial charge in [0.15, 0.2) is 0 Å². The van der Waals surface area contributed by atoms with Gasteiger partial charge in [-0.15, -0.1) is 0 Å². The molecule has 2 aromatic rings. The summed E-state index contributed by atoms with van der Waals surface area (Å²) in [5.74, 6) is -3.63. The van der Waals surface area contributed by atoms with Gasteiger partial charge in [0, 0.05) is 44.5 Å². The maximum absolute atomic E-state index is 13.1. The summed E-state index contributed by atoms with van der Waals surface area (Å²) in [6, 6.07) is 12.2. The number of carbonyl (C=O) groups is 2. The summed E-state index contributed by atoms with van der Waals surface area (Å²) in [6.45, 7) is 1.72. The van der Waals surface area contributed by atoms with Crippen molar-refractivity contribution in [3.63, 3.8) is 0 Å². The summed E-state index contributed by atoms with van der Waals surface area (Å²) in [6.07, 6.45) is 0. The number of rotatable bonds is 7. The van der Waals surface area contributed by atoms with Crippen LogP contribution in [0.4, 0.5) is 11.4 Å².